The summed E-state index contributed by atoms with van der Waals surface area (Å²) in [7, 11) is 1.24. The minimum atomic E-state index is -0.933. The lowest BCUT2D eigenvalue weighted by atomic mass is 10.0. The van der Waals surface area contributed by atoms with E-state index < -0.39 is 53.5 Å². The average Bonchev–Trinajstić information content (AvgIpc) is 3.35. The number of esters is 1. The lowest BCUT2D eigenvalue weighted by Gasteiger charge is -2.30. The fourth-order valence-electron chi connectivity index (χ4n) is 4.28. The van der Waals surface area contributed by atoms with Crippen LogP contribution in [0.4, 0.5) is 4.79 Å². The van der Waals surface area contributed by atoms with Crippen LogP contribution in [-0.4, -0.2) is 90.6 Å². The van der Waals surface area contributed by atoms with Crippen LogP contribution in [0.3, 0.4) is 0 Å². The molecule has 4 atom stereocenters. The first kappa shape index (κ1) is 36.4. The van der Waals surface area contributed by atoms with Crippen molar-refractivity contribution in [2.75, 3.05) is 20.2 Å². The summed E-state index contributed by atoms with van der Waals surface area (Å²) in [5.41, 5.74) is -0.723. The molecule has 5 amide bonds. The summed E-state index contributed by atoms with van der Waals surface area (Å²) in [6, 6.07) is -2.96. The van der Waals surface area contributed by atoms with Gasteiger partial charge in [0.05, 0.1) is 19.7 Å². The minimum Gasteiger partial charge on any atom is -0.467 e. The van der Waals surface area contributed by atoms with E-state index in [2.05, 4.69) is 21.3 Å². The number of carbonyl (C=O) groups excluding carboxylic acids is 6. The van der Waals surface area contributed by atoms with Crippen molar-refractivity contribution < 1.29 is 38.2 Å². The third-order valence-corrected chi connectivity index (χ3v) is 6.36. The monoisotopic (exact) mass is 595 g/mol. The molecule has 1 fully saturated rings. The van der Waals surface area contributed by atoms with Gasteiger partial charge in [-0.15, -0.1) is 0 Å². The average molecular weight is 596 g/mol. The molecule has 1 saturated heterocycles. The number of alkyl carbamates (subject to hydrolysis) is 1. The van der Waals surface area contributed by atoms with Gasteiger partial charge in [0.25, 0.3) is 0 Å². The van der Waals surface area contributed by atoms with Crippen LogP contribution in [0.5, 0.6) is 0 Å². The van der Waals surface area contributed by atoms with Crippen molar-refractivity contribution in [3.8, 4) is 0 Å². The number of methoxy groups -OCH3 is 1. The second-order valence-corrected chi connectivity index (χ2v) is 12.2. The van der Waals surface area contributed by atoms with E-state index in [1.807, 2.05) is 13.8 Å². The number of ether oxygens (including phenoxy) is 2. The van der Waals surface area contributed by atoms with Crippen molar-refractivity contribution in [2.45, 2.75) is 104 Å². The van der Waals surface area contributed by atoms with E-state index in [0.717, 1.165) is 0 Å². The molecule has 0 radical (unpaired) electrons. The van der Waals surface area contributed by atoms with Crippen LogP contribution >= 0.6 is 0 Å². The number of amides is 5. The van der Waals surface area contributed by atoms with Gasteiger partial charge in [-0.05, 0) is 58.8 Å². The highest BCUT2D eigenvalue weighted by Gasteiger charge is 2.35. The molecule has 238 valence electrons. The van der Waals surface area contributed by atoms with Gasteiger partial charge in [-0.25, -0.2) is 9.59 Å². The van der Waals surface area contributed by atoms with Gasteiger partial charge in [-0.2, -0.15) is 0 Å². The summed E-state index contributed by atoms with van der Waals surface area (Å²) in [6.45, 7) is 14.2. The molecule has 0 aromatic heterocycles. The molecule has 13 heteroatoms. The highest BCUT2D eigenvalue weighted by atomic mass is 16.6. The first-order valence-corrected chi connectivity index (χ1v) is 14.4. The number of rotatable bonds is 13. The van der Waals surface area contributed by atoms with Gasteiger partial charge in [0.2, 0.25) is 23.6 Å². The van der Waals surface area contributed by atoms with Crippen LogP contribution in [0.15, 0.2) is 12.2 Å². The lowest BCUT2D eigenvalue weighted by Crippen LogP contribution is -2.56. The fourth-order valence-corrected chi connectivity index (χ4v) is 4.28. The molecular formula is C29H49N5O8. The molecule has 0 bridgehead atoms. The summed E-state index contributed by atoms with van der Waals surface area (Å²) in [5.74, 6) is -2.54. The predicted molar refractivity (Wildman–Crippen MR) is 156 cm³/mol. The second-order valence-electron chi connectivity index (χ2n) is 12.2. The van der Waals surface area contributed by atoms with Crippen molar-refractivity contribution in [3.63, 3.8) is 0 Å². The second kappa shape index (κ2) is 16.7. The van der Waals surface area contributed by atoms with E-state index in [-0.39, 0.29) is 30.3 Å². The van der Waals surface area contributed by atoms with Gasteiger partial charge in [0.1, 0.15) is 23.7 Å². The molecule has 0 spiro atoms. The summed E-state index contributed by atoms with van der Waals surface area (Å²) >= 11 is 0. The summed E-state index contributed by atoms with van der Waals surface area (Å²) < 4.78 is 9.92. The van der Waals surface area contributed by atoms with Gasteiger partial charge in [-0.3, -0.25) is 19.2 Å². The Hall–Kier alpha value is -3.64. The minimum absolute atomic E-state index is 0.143. The third kappa shape index (κ3) is 12.9. The zero-order valence-corrected chi connectivity index (χ0v) is 26.4. The van der Waals surface area contributed by atoms with Crippen molar-refractivity contribution in [2.24, 2.45) is 11.8 Å². The Morgan fingerprint density at radius 1 is 0.976 bits per heavy atom. The maximum atomic E-state index is 13.5. The maximum Gasteiger partial charge on any atom is 0.408 e. The van der Waals surface area contributed by atoms with Gasteiger partial charge in [0.15, 0.2) is 0 Å². The number of nitrogens with one attached hydrogen (secondary N) is 4. The van der Waals surface area contributed by atoms with Crippen LogP contribution in [0.2, 0.25) is 0 Å². The highest BCUT2D eigenvalue weighted by Crippen LogP contribution is 2.21. The quantitative estimate of drug-likeness (QED) is 0.183. The standard InChI is InChI=1S/C29H49N5O8/c1-17(2)15-21(27(39)41-9)32-23(36)16-30-22(35)13-12-20-11-10-14-34(20)26(38)24(18(3)4)33-25(37)19(5)31-28(40)42-29(6,7)8/h12-13,17-21,24H,10-11,14-16H2,1-9H3,(H,30,35)(H,31,40)(H,32,36)(H,33,37)/b13-12+/t19-,20-,21-,24-/m0/s1. The molecule has 4 N–H and O–H groups in total. The van der Waals surface area contributed by atoms with Crippen LogP contribution in [0.1, 0.15) is 74.7 Å². The largest absolute Gasteiger partial charge is 0.467 e. The van der Waals surface area contributed by atoms with Crippen molar-refractivity contribution in [1.29, 1.82) is 0 Å². The molecule has 13 nitrogen and oxygen atoms in total. The first-order valence-electron chi connectivity index (χ1n) is 14.4. The van der Waals surface area contributed by atoms with Gasteiger partial charge in [-0.1, -0.05) is 33.8 Å². The fraction of sp³-hybridized carbons (Fsp3) is 0.724. The molecule has 1 heterocycles. The first-order chi connectivity index (χ1) is 19.4. The number of carbonyl (C=O) groups is 6. The maximum absolute atomic E-state index is 13.5. The molecule has 0 aromatic carbocycles. The van der Waals surface area contributed by atoms with Crippen LogP contribution in [-0.2, 0) is 33.4 Å². The van der Waals surface area contributed by atoms with Crippen molar-refractivity contribution in [1.82, 2.24) is 26.2 Å². The molecule has 0 aromatic rings. The van der Waals surface area contributed by atoms with Crippen LogP contribution < -0.4 is 21.3 Å². The molecule has 0 saturated carbocycles. The molecule has 1 aliphatic rings. The Labute approximate surface area is 248 Å². The Balaban J connectivity index is 2.75. The lowest BCUT2D eigenvalue weighted by molar-refractivity contribution is -0.145. The zero-order chi connectivity index (χ0) is 32.2. The van der Waals surface area contributed by atoms with E-state index in [9.17, 15) is 28.8 Å². The van der Waals surface area contributed by atoms with E-state index in [1.165, 1.54) is 20.1 Å². The molecule has 1 rings (SSSR count). The van der Waals surface area contributed by atoms with E-state index in [0.29, 0.717) is 25.8 Å². The third-order valence-electron chi connectivity index (χ3n) is 6.36. The molecule has 0 aliphatic carbocycles. The SMILES string of the molecule is COC(=O)[C@H](CC(C)C)NC(=O)CNC(=O)/C=C/[C@@H]1CCCN1C(=O)[C@@H](NC(=O)[C@H](C)NC(=O)OC(C)(C)C)C(C)C. The molecule has 1 aliphatic heterocycles. The van der Waals surface area contributed by atoms with Crippen LogP contribution in [0, 0.1) is 11.8 Å². The highest BCUT2D eigenvalue weighted by molar-refractivity contribution is 5.93. The van der Waals surface area contributed by atoms with E-state index in [1.54, 1.807) is 45.6 Å². The van der Waals surface area contributed by atoms with Crippen molar-refractivity contribution >= 4 is 35.7 Å². The summed E-state index contributed by atoms with van der Waals surface area (Å²) in [5, 5.41) is 10.3. The summed E-state index contributed by atoms with van der Waals surface area (Å²) in [6.07, 6.45) is 3.86. The smallest absolute Gasteiger partial charge is 0.408 e. The molecule has 42 heavy (non-hydrogen) atoms. The van der Waals surface area contributed by atoms with Crippen molar-refractivity contribution in [3.05, 3.63) is 12.2 Å². The van der Waals surface area contributed by atoms with Gasteiger partial charge in [0, 0.05) is 12.6 Å². The Morgan fingerprint density at radius 3 is 2.17 bits per heavy atom. The van der Waals surface area contributed by atoms with Crippen LogP contribution in [0.25, 0.3) is 0 Å². The van der Waals surface area contributed by atoms with Gasteiger partial charge >= 0.3 is 12.1 Å². The van der Waals surface area contributed by atoms with E-state index >= 15 is 0 Å². The predicted octanol–water partition coefficient (Wildman–Crippen LogP) is 1.41. The topological polar surface area (TPSA) is 172 Å². The Bertz CT molecular complexity index is 1000. The number of hydrogen-bond donors (Lipinski definition) is 4. The normalized spacial score (nSPS) is 17.4. The number of hydrogen-bond acceptors (Lipinski definition) is 8. The Kier molecular flexibility index (Phi) is 14.5. The molecule has 0 unspecified atom stereocenters. The Morgan fingerprint density at radius 2 is 1.62 bits per heavy atom. The number of likely N-dealkylation sites (tertiary alicyclic amines) is 1. The summed E-state index contributed by atoms with van der Waals surface area (Å²) in [4.78, 5) is 76.5. The number of nitrogens with zero attached hydrogens (tertiary/aromatic N) is 1. The molecular weight excluding hydrogens is 546 g/mol. The zero-order valence-electron chi connectivity index (χ0n) is 26.4. The van der Waals surface area contributed by atoms with E-state index in [4.69, 9.17) is 9.47 Å². The van der Waals surface area contributed by atoms with Gasteiger partial charge < -0.3 is 35.6 Å².